The Kier molecular flexibility index (Phi) is 6.40. The Hall–Kier alpha value is -1.41. The summed E-state index contributed by atoms with van der Waals surface area (Å²) in [5, 5.41) is 4.19. The molecule has 0 saturated heterocycles. The number of aryl methyl sites for hydroxylation is 2. The zero-order valence-corrected chi connectivity index (χ0v) is 15.4. The minimum Gasteiger partial charge on any atom is -0.337 e. The van der Waals surface area contributed by atoms with E-state index < -0.39 is 0 Å². The van der Waals surface area contributed by atoms with E-state index in [-0.39, 0.29) is 30.4 Å². The molecule has 1 aliphatic rings. The van der Waals surface area contributed by atoms with Gasteiger partial charge in [0, 0.05) is 36.9 Å². The monoisotopic (exact) mass is 387 g/mol. The van der Waals surface area contributed by atoms with Crippen LogP contribution in [-0.4, -0.2) is 25.6 Å². The zero-order chi connectivity index (χ0) is 14.9. The lowest BCUT2D eigenvalue weighted by Gasteiger charge is -2.12. The van der Waals surface area contributed by atoms with Gasteiger partial charge in [0.05, 0.1) is 18.0 Å². The quantitative estimate of drug-likeness (QED) is 0.745. The maximum atomic E-state index is 12.7. The molecule has 24 heavy (non-hydrogen) atoms. The van der Waals surface area contributed by atoms with Gasteiger partial charge in [0.1, 0.15) is 4.83 Å². The summed E-state index contributed by atoms with van der Waals surface area (Å²) in [5.41, 5.74) is 1.32. The first kappa shape index (κ1) is 18.9. The van der Waals surface area contributed by atoms with E-state index >= 15 is 0 Å². The second kappa shape index (κ2) is 8.11. The molecule has 0 saturated carbocycles. The second-order valence-electron chi connectivity index (χ2n) is 5.51. The van der Waals surface area contributed by atoms with E-state index in [1.54, 1.807) is 34.8 Å². The van der Waals surface area contributed by atoms with Crippen LogP contribution in [0.25, 0.3) is 10.2 Å². The molecule has 0 fully saturated rings. The van der Waals surface area contributed by atoms with Gasteiger partial charge < -0.3 is 9.88 Å². The number of halogens is 2. The minimum atomic E-state index is 0. The summed E-state index contributed by atoms with van der Waals surface area (Å²) >= 11 is 1.65. The number of hydrogen-bond acceptors (Lipinski definition) is 5. The number of hydrogen-bond donors (Lipinski definition) is 1. The number of nitrogens with one attached hydrogen (secondary N) is 1. The summed E-state index contributed by atoms with van der Waals surface area (Å²) < 4.78 is 3.77. The normalized spacial score (nSPS) is 13.2. The standard InChI is InChI=1S/C15H17N5OS.2ClH/c21-15-13-11-2-3-16-8-12(11)22-14(13)18-10-20(15)6-1-5-19-7-4-17-9-19;;/h4,7,9-10,16H,1-3,5-6,8H2;2*1H. The first-order valence-corrected chi connectivity index (χ1v) is 8.31. The van der Waals surface area contributed by atoms with E-state index in [2.05, 4.69) is 15.3 Å². The van der Waals surface area contributed by atoms with E-state index in [9.17, 15) is 4.79 Å². The minimum absolute atomic E-state index is 0. The Morgan fingerprint density at radius 1 is 1.25 bits per heavy atom. The van der Waals surface area contributed by atoms with Gasteiger partial charge in [-0.05, 0) is 24.9 Å². The van der Waals surface area contributed by atoms with Crippen LogP contribution in [0.5, 0.6) is 0 Å². The first-order chi connectivity index (χ1) is 10.8. The predicted octanol–water partition coefficient (Wildman–Crippen LogP) is 2.23. The lowest BCUT2D eigenvalue weighted by Crippen LogP contribution is -2.25. The molecule has 3 aromatic rings. The Morgan fingerprint density at radius 3 is 2.92 bits per heavy atom. The van der Waals surface area contributed by atoms with Gasteiger partial charge in [-0.3, -0.25) is 9.36 Å². The van der Waals surface area contributed by atoms with E-state index in [0.717, 1.165) is 42.7 Å². The topological polar surface area (TPSA) is 64.7 Å². The van der Waals surface area contributed by atoms with E-state index in [4.69, 9.17) is 0 Å². The third-order valence-corrected chi connectivity index (χ3v) is 5.21. The van der Waals surface area contributed by atoms with Crippen molar-refractivity contribution in [1.29, 1.82) is 0 Å². The Labute approximate surface area is 155 Å². The van der Waals surface area contributed by atoms with Crippen molar-refractivity contribution in [3.8, 4) is 0 Å². The summed E-state index contributed by atoms with van der Waals surface area (Å²) in [5.74, 6) is 0. The van der Waals surface area contributed by atoms with Gasteiger partial charge in [-0.25, -0.2) is 9.97 Å². The van der Waals surface area contributed by atoms with Gasteiger partial charge >= 0.3 is 0 Å². The van der Waals surface area contributed by atoms with Crippen LogP contribution in [0.15, 0.2) is 29.8 Å². The van der Waals surface area contributed by atoms with Gasteiger partial charge in [0.15, 0.2) is 0 Å². The third-order valence-electron chi connectivity index (χ3n) is 4.07. The molecule has 0 spiro atoms. The number of nitrogens with zero attached hydrogens (tertiary/aromatic N) is 4. The Morgan fingerprint density at radius 2 is 2.12 bits per heavy atom. The van der Waals surface area contributed by atoms with Crippen molar-refractivity contribution >= 4 is 46.4 Å². The van der Waals surface area contributed by atoms with E-state index in [0.29, 0.717) is 6.54 Å². The van der Waals surface area contributed by atoms with Gasteiger partial charge in [-0.2, -0.15) is 0 Å². The van der Waals surface area contributed by atoms with Crippen molar-refractivity contribution in [2.75, 3.05) is 6.54 Å². The van der Waals surface area contributed by atoms with E-state index in [1.165, 1.54) is 10.4 Å². The molecular weight excluding hydrogens is 369 g/mol. The molecule has 0 aliphatic carbocycles. The molecule has 6 nitrogen and oxygen atoms in total. The molecular formula is C15H19Cl2N5OS. The molecule has 0 aromatic carbocycles. The average molecular weight is 388 g/mol. The molecule has 0 radical (unpaired) electrons. The molecule has 1 aliphatic heterocycles. The highest BCUT2D eigenvalue weighted by Gasteiger charge is 2.19. The SMILES string of the molecule is Cl.Cl.O=c1c2c3c(sc2ncn1CCCn1ccnc1)CNCC3. The lowest BCUT2D eigenvalue weighted by atomic mass is 10.1. The first-order valence-electron chi connectivity index (χ1n) is 7.49. The number of aromatic nitrogens is 4. The van der Waals surface area contributed by atoms with Gasteiger partial charge in [0.2, 0.25) is 0 Å². The van der Waals surface area contributed by atoms with Gasteiger partial charge in [0.25, 0.3) is 5.56 Å². The molecule has 0 unspecified atom stereocenters. The van der Waals surface area contributed by atoms with Crippen molar-refractivity contribution in [1.82, 2.24) is 24.4 Å². The zero-order valence-electron chi connectivity index (χ0n) is 13.0. The van der Waals surface area contributed by atoms with Gasteiger partial charge in [-0.1, -0.05) is 0 Å². The van der Waals surface area contributed by atoms with Crippen LogP contribution in [-0.2, 0) is 26.1 Å². The van der Waals surface area contributed by atoms with Crippen molar-refractivity contribution in [3.63, 3.8) is 0 Å². The highest BCUT2D eigenvalue weighted by Crippen LogP contribution is 2.29. The van der Waals surface area contributed by atoms with Crippen molar-refractivity contribution in [2.45, 2.75) is 32.5 Å². The van der Waals surface area contributed by atoms with Gasteiger partial charge in [-0.15, -0.1) is 36.2 Å². The number of thiophene rings is 1. The molecule has 0 atom stereocenters. The van der Waals surface area contributed by atoms with Crippen LogP contribution < -0.4 is 10.9 Å². The van der Waals surface area contributed by atoms with Crippen LogP contribution >= 0.6 is 36.2 Å². The predicted molar refractivity (Wildman–Crippen MR) is 101 cm³/mol. The Balaban J connectivity index is 0.00000104. The van der Waals surface area contributed by atoms with Crippen LogP contribution in [0.1, 0.15) is 16.9 Å². The third kappa shape index (κ3) is 3.49. The fraction of sp³-hybridized carbons (Fsp3) is 0.400. The highest BCUT2D eigenvalue weighted by molar-refractivity contribution is 7.18. The number of imidazole rings is 1. The van der Waals surface area contributed by atoms with Crippen molar-refractivity contribution in [3.05, 3.63) is 45.8 Å². The summed E-state index contributed by atoms with van der Waals surface area (Å²) in [6.45, 7) is 3.34. The maximum absolute atomic E-state index is 12.7. The van der Waals surface area contributed by atoms with Crippen molar-refractivity contribution < 1.29 is 0 Å². The average Bonchev–Trinajstić information content (AvgIpc) is 3.16. The molecule has 4 rings (SSSR count). The second-order valence-corrected chi connectivity index (χ2v) is 6.59. The van der Waals surface area contributed by atoms with E-state index in [1.807, 2.05) is 10.8 Å². The fourth-order valence-electron chi connectivity index (χ4n) is 2.95. The van der Waals surface area contributed by atoms with Crippen LogP contribution in [0.3, 0.4) is 0 Å². The maximum Gasteiger partial charge on any atom is 0.262 e. The van der Waals surface area contributed by atoms with Crippen LogP contribution in [0.4, 0.5) is 0 Å². The number of fused-ring (bicyclic) bond motifs is 3. The smallest absolute Gasteiger partial charge is 0.262 e. The summed E-state index contributed by atoms with van der Waals surface area (Å²) in [6, 6.07) is 0. The number of rotatable bonds is 4. The van der Waals surface area contributed by atoms with Crippen LogP contribution in [0, 0.1) is 0 Å². The molecule has 9 heteroatoms. The molecule has 4 heterocycles. The fourth-order valence-corrected chi connectivity index (χ4v) is 4.10. The summed E-state index contributed by atoms with van der Waals surface area (Å²) in [6.07, 6.45) is 9.00. The molecule has 130 valence electrons. The molecule has 3 aromatic heterocycles. The Bertz CT molecular complexity index is 859. The molecule has 0 amide bonds. The summed E-state index contributed by atoms with van der Waals surface area (Å²) in [7, 11) is 0. The largest absolute Gasteiger partial charge is 0.337 e. The lowest BCUT2D eigenvalue weighted by molar-refractivity contribution is 0.550. The molecule has 1 N–H and O–H groups in total. The summed E-state index contributed by atoms with van der Waals surface area (Å²) in [4.78, 5) is 23.4. The van der Waals surface area contributed by atoms with Crippen LogP contribution in [0.2, 0.25) is 0 Å². The van der Waals surface area contributed by atoms with Crippen molar-refractivity contribution in [2.24, 2.45) is 0 Å². The molecule has 0 bridgehead atoms. The highest BCUT2D eigenvalue weighted by atomic mass is 35.5.